The Morgan fingerprint density at radius 1 is 1.23 bits per heavy atom. The van der Waals surface area contributed by atoms with Gasteiger partial charge in [0.2, 0.25) is 0 Å². The molecule has 0 amide bonds. The van der Waals surface area contributed by atoms with E-state index in [1.54, 1.807) is 0 Å². The number of halogens is 2. The number of aliphatic hydroxyl groups excluding tert-OH is 1. The van der Waals surface area contributed by atoms with E-state index in [0.717, 1.165) is 17.1 Å². The van der Waals surface area contributed by atoms with E-state index < -0.39 is 18.0 Å². The second-order valence-electron chi connectivity index (χ2n) is 7.62. The van der Waals surface area contributed by atoms with Gasteiger partial charge in [-0.15, -0.1) is 10.2 Å². The molecule has 3 heterocycles. The first-order chi connectivity index (χ1) is 14.8. The van der Waals surface area contributed by atoms with Crippen LogP contribution in [0, 0.1) is 12.7 Å². The molecule has 7 nitrogen and oxygen atoms in total. The highest BCUT2D eigenvalue weighted by Crippen LogP contribution is 2.38. The topological polar surface area (TPSA) is 89.4 Å². The van der Waals surface area contributed by atoms with E-state index in [2.05, 4.69) is 20.5 Å². The number of aromatic nitrogens is 3. The molecule has 3 aromatic rings. The molecule has 1 saturated heterocycles. The lowest BCUT2D eigenvalue weighted by Gasteiger charge is -2.16. The standard InChI is InChI=1S/C21H22ClFN4O3S/c1-10(2)24-19-5-12(4-11(3)25-19)20-26-27-21(31-20)13-6-15(23)17(7-14(13)22)30-18-9-29-8-16(18)28/h4-7,10,16,18,28H,8-9H2,1-3H3,(H,24,25)/t16-,18+/m1/s1. The van der Waals surface area contributed by atoms with Gasteiger partial charge in [-0.25, -0.2) is 9.37 Å². The molecule has 10 heteroatoms. The summed E-state index contributed by atoms with van der Waals surface area (Å²) in [7, 11) is 0. The van der Waals surface area contributed by atoms with Crippen molar-refractivity contribution in [2.45, 2.75) is 39.0 Å². The van der Waals surface area contributed by atoms with E-state index in [1.807, 2.05) is 32.9 Å². The number of nitrogens with zero attached hydrogens (tertiary/aromatic N) is 3. The summed E-state index contributed by atoms with van der Waals surface area (Å²) in [6.45, 7) is 6.34. The summed E-state index contributed by atoms with van der Waals surface area (Å²) in [5, 5.41) is 23.0. The third-order valence-electron chi connectivity index (χ3n) is 4.59. The smallest absolute Gasteiger partial charge is 0.165 e. The lowest BCUT2D eigenvalue weighted by Crippen LogP contribution is -2.30. The molecule has 0 bridgehead atoms. The van der Waals surface area contributed by atoms with Gasteiger partial charge in [-0.1, -0.05) is 22.9 Å². The Kier molecular flexibility index (Phi) is 6.38. The first-order valence-electron chi connectivity index (χ1n) is 9.81. The number of hydrogen-bond acceptors (Lipinski definition) is 8. The van der Waals surface area contributed by atoms with Crippen molar-refractivity contribution in [1.29, 1.82) is 0 Å². The van der Waals surface area contributed by atoms with Crippen LogP contribution >= 0.6 is 22.9 Å². The zero-order chi connectivity index (χ0) is 22.1. The van der Waals surface area contributed by atoms with Crippen molar-refractivity contribution in [3.8, 4) is 26.9 Å². The van der Waals surface area contributed by atoms with Crippen LogP contribution < -0.4 is 10.1 Å². The normalized spacial score (nSPS) is 18.5. The molecule has 2 aromatic heterocycles. The fourth-order valence-electron chi connectivity index (χ4n) is 3.19. The number of ether oxygens (including phenoxy) is 2. The van der Waals surface area contributed by atoms with E-state index in [4.69, 9.17) is 21.1 Å². The minimum atomic E-state index is -0.803. The number of benzene rings is 1. The van der Waals surface area contributed by atoms with Gasteiger partial charge in [0.15, 0.2) is 17.7 Å². The van der Waals surface area contributed by atoms with Crippen LogP contribution in [0.2, 0.25) is 5.02 Å². The van der Waals surface area contributed by atoms with Crippen molar-refractivity contribution >= 4 is 28.8 Å². The lowest BCUT2D eigenvalue weighted by molar-refractivity contribution is 0.0708. The molecular weight excluding hydrogens is 443 g/mol. The van der Waals surface area contributed by atoms with E-state index in [9.17, 15) is 9.50 Å². The quantitative estimate of drug-likeness (QED) is 0.561. The average Bonchev–Trinajstić information content (AvgIpc) is 3.33. The third-order valence-corrected chi connectivity index (χ3v) is 5.91. The van der Waals surface area contributed by atoms with Crippen LogP contribution in [0.3, 0.4) is 0 Å². The number of aliphatic hydroxyl groups is 1. The highest BCUT2D eigenvalue weighted by atomic mass is 35.5. The Labute approximate surface area is 188 Å². The van der Waals surface area contributed by atoms with Gasteiger partial charge in [0.1, 0.15) is 21.9 Å². The van der Waals surface area contributed by atoms with Crippen LogP contribution in [0.25, 0.3) is 21.1 Å². The average molecular weight is 465 g/mol. The fraction of sp³-hybridized carbons (Fsp3) is 0.381. The Hall–Kier alpha value is -2.33. The zero-order valence-electron chi connectivity index (χ0n) is 17.2. The van der Waals surface area contributed by atoms with Crippen molar-refractivity contribution in [2.24, 2.45) is 0 Å². The maximum Gasteiger partial charge on any atom is 0.165 e. The Morgan fingerprint density at radius 3 is 2.71 bits per heavy atom. The molecule has 2 N–H and O–H groups in total. The molecular formula is C21H22ClFN4O3S. The summed E-state index contributed by atoms with van der Waals surface area (Å²) >= 11 is 7.71. The highest BCUT2D eigenvalue weighted by Gasteiger charge is 2.29. The Bertz CT molecular complexity index is 1090. The first kappa shape index (κ1) is 21.9. The molecule has 1 aliphatic rings. The van der Waals surface area contributed by atoms with Crippen LogP contribution in [0.4, 0.5) is 10.2 Å². The summed E-state index contributed by atoms with van der Waals surface area (Å²) in [6, 6.07) is 6.73. The molecule has 4 rings (SSSR count). The molecule has 2 atom stereocenters. The minimum Gasteiger partial charge on any atom is -0.482 e. The van der Waals surface area contributed by atoms with Crippen molar-refractivity contribution in [3.05, 3.63) is 40.8 Å². The number of hydrogen-bond donors (Lipinski definition) is 2. The van der Waals surface area contributed by atoms with Gasteiger partial charge in [-0.3, -0.25) is 0 Å². The third kappa shape index (κ3) is 4.95. The first-order valence-corrected chi connectivity index (χ1v) is 11.0. The fourth-order valence-corrected chi connectivity index (χ4v) is 4.35. The molecule has 0 spiro atoms. The largest absolute Gasteiger partial charge is 0.482 e. The van der Waals surface area contributed by atoms with Gasteiger partial charge in [-0.05, 0) is 39.0 Å². The number of anilines is 1. The van der Waals surface area contributed by atoms with Crippen molar-refractivity contribution < 1.29 is 19.0 Å². The van der Waals surface area contributed by atoms with Crippen molar-refractivity contribution in [1.82, 2.24) is 15.2 Å². The number of rotatable bonds is 6. The summed E-state index contributed by atoms with van der Waals surface area (Å²) < 4.78 is 25.4. The molecule has 31 heavy (non-hydrogen) atoms. The lowest BCUT2D eigenvalue weighted by atomic mass is 10.2. The maximum absolute atomic E-state index is 14.7. The van der Waals surface area contributed by atoms with E-state index >= 15 is 0 Å². The van der Waals surface area contributed by atoms with Crippen LogP contribution in [0.15, 0.2) is 24.3 Å². The molecule has 1 fully saturated rings. The molecule has 164 valence electrons. The SMILES string of the molecule is Cc1cc(-c2nnc(-c3cc(F)c(O[C@H]4COC[C@H]4O)cc3Cl)s2)cc(NC(C)C)n1. The number of aryl methyl sites for hydroxylation is 1. The molecule has 0 unspecified atom stereocenters. The van der Waals surface area contributed by atoms with Crippen LogP contribution in [0.1, 0.15) is 19.5 Å². The van der Waals surface area contributed by atoms with Crippen LogP contribution in [-0.4, -0.2) is 51.8 Å². The molecule has 0 saturated carbocycles. The van der Waals surface area contributed by atoms with Crippen LogP contribution in [-0.2, 0) is 4.74 Å². The summed E-state index contributed by atoms with van der Waals surface area (Å²) in [4.78, 5) is 4.48. The van der Waals surface area contributed by atoms with E-state index in [0.29, 0.717) is 15.6 Å². The number of nitrogens with one attached hydrogen (secondary N) is 1. The van der Waals surface area contributed by atoms with Crippen molar-refractivity contribution in [3.63, 3.8) is 0 Å². The highest BCUT2D eigenvalue weighted by molar-refractivity contribution is 7.18. The predicted molar refractivity (Wildman–Crippen MR) is 118 cm³/mol. The summed E-state index contributed by atoms with van der Waals surface area (Å²) in [5.74, 6) is 0.117. The number of pyridine rings is 1. The van der Waals surface area contributed by atoms with Gasteiger partial charge < -0.3 is 19.9 Å². The van der Waals surface area contributed by atoms with Gasteiger partial charge >= 0.3 is 0 Å². The van der Waals surface area contributed by atoms with Crippen molar-refractivity contribution in [2.75, 3.05) is 18.5 Å². The van der Waals surface area contributed by atoms with E-state index in [1.165, 1.54) is 23.5 Å². The molecule has 0 aliphatic carbocycles. The Morgan fingerprint density at radius 2 is 2.00 bits per heavy atom. The van der Waals surface area contributed by atoms with Gasteiger partial charge in [0.25, 0.3) is 0 Å². The van der Waals surface area contributed by atoms with E-state index in [-0.39, 0.29) is 30.0 Å². The molecule has 0 radical (unpaired) electrons. The maximum atomic E-state index is 14.7. The molecule has 1 aromatic carbocycles. The monoisotopic (exact) mass is 464 g/mol. The Balaban J connectivity index is 1.60. The zero-order valence-corrected chi connectivity index (χ0v) is 18.8. The van der Waals surface area contributed by atoms with Gasteiger partial charge in [0.05, 0.1) is 18.2 Å². The second kappa shape index (κ2) is 9.04. The minimum absolute atomic E-state index is 0.0396. The predicted octanol–water partition coefficient (Wildman–Crippen LogP) is 4.33. The summed E-state index contributed by atoms with van der Waals surface area (Å²) in [6.07, 6.45) is -1.43. The summed E-state index contributed by atoms with van der Waals surface area (Å²) in [5.41, 5.74) is 2.14. The molecule has 1 aliphatic heterocycles. The van der Waals surface area contributed by atoms with Gasteiger partial charge in [0, 0.05) is 28.9 Å². The van der Waals surface area contributed by atoms with Crippen LogP contribution in [0.5, 0.6) is 5.75 Å². The second-order valence-corrected chi connectivity index (χ2v) is 9.00. The van der Waals surface area contributed by atoms with Gasteiger partial charge in [-0.2, -0.15) is 0 Å².